The van der Waals surface area contributed by atoms with Gasteiger partial charge in [0.2, 0.25) is 0 Å². The van der Waals surface area contributed by atoms with Gasteiger partial charge in [0.1, 0.15) is 11.6 Å². The number of ether oxygens (including phenoxy) is 1. The van der Waals surface area contributed by atoms with E-state index in [1.54, 1.807) is 7.11 Å². The molecule has 27 heavy (non-hydrogen) atoms. The van der Waals surface area contributed by atoms with Crippen LogP contribution in [0, 0.1) is 20.8 Å². The van der Waals surface area contributed by atoms with Gasteiger partial charge in [-0.15, -0.1) is 0 Å². The van der Waals surface area contributed by atoms with Crippen molar-refractivity contribution in [1.82, 2.24) is 14.6 Å². The van der Waals surface area contributed by atoms with Crippen molar-refractivity contribution in [1.29, 1.82) is 0 Å². The van der Waals surface area contributed by atoms with Crippen molar-refractivity contribution in [3.05, 3.63) is 71.5 Å². The first kappa shape index (κ1) is 17.1. The van der Waals surface area contributed by atoms with Crippen LogP contribution in [0.25, 0.3) is 16.8 Å². The standard InChI is InChI=1S/C22H22N4O/c1-14-8-7-9-17(12-14)24-20-13-15(2)23-22-21(16(3)25-26(20)22)18-10-5-6-11-19(18)27-4/h5-13,24H,1-4H3. The summed E-state index contributed by atoms with van der Waals surface area (Å²) in [6.07, 6.45) is 0. The highest BCUT2D eigenvalue weighted by Gasteiger charge is 2.18. The largest absolute Gasteiger partial charge is 0.496 e. The number of benzene rings is 2. The van der Waals surface area contributed by atoms with Crippen LogP contribution in [0.15, 0.2) is 54.6 Å². The molecule has 0 radical (unpaired) electrons. The molecule has 2 aromatic carbocycles. The Bertz CT molecular complexity index is 1130. The number of aryl methyl sites for hydroxylation is 3. The van der Waals surface area contributed by atoms with Crippen LogP contribution >= 0.6 is 0 Å². The van der Waals surface area contributed by atoms with Gasteiger partial charge in [-0.25, -0.2) is 4.98 Å². The van der Waals surface area contributed by atoms with E-state index >= 15 is 0 Å². The van der Waals surface area contributed by atoms with E-state index in [1.807, 2.05) is 60.8 Å². The molecule has 0 saturated heterocycles. The van der Waals surface area contributed by atoms with E-state index in [0.717, 1.165) is 45.4 Å². The van der Waals surface area contributed by atoms with E-state index in [-0.39, 0.29) is 0 Å². The molecule has 5 heteroatoms. The summed E-state index contributed by atoms with van der Waals surface area (Å²) in [6, 6.07) is 18.3. The fourth-order valence-electron chi connectivity index (χ4n) is 3.37. The van der Waals surface area contributed by atoms with Gasteiger partial charge in [-0.3, -0.25) is 0 Å². The topological polar surface area (TPSA) is 51.5 Å². The molecule has 0 saturated carbocycles. The molecule has 136 valence electrons. The van der Waals surface area contributed by atoms with Crippen LogP contribution in [0.1, 0.15) is 17.0 Å². The molecule has 0 unspecified atom stereocenters. The minimum atomic E-state index is 0.812. The molecule has 0 fully saturated rings. The third-order valence-electron chi connectivity index (χ3n) is 4.56. The number of anilines is 2. The minimum absolute atomic E-state index is 0.812. The molecule has 5 nitrogen and oxygen atoms in total. The lowest BCUT2D eigenvalue weighted by molar-refractivity contribution is 0.416. The number of methoxy groups -OCH3 is 1. The van der Waals surface area contributed by atoms with Gasteiger partial charge in [-0.05, 0) is 44.5 Å². The molecule has 1 N–H and O–H groups in total. The highest BCUT2D eigenvalue weighted by atomic mass is 16.5. The van der Waals surface area contributed by atoms with E-state index in [0.29, 0.717) is 0 Å². The van der Waals surface area contributed by atoms with Crippen molar-refractivity contribution >= 4 is 17.2 Å². The molecule has 0 aliphatic carbocycles. The van der Waals surface area contributed by atoms with Crippen molar-refractivity contribution in [2.75, 3.05) is 12.4 Å². The van der Waals surface area contributed by atoms with Gasteiger partial charge in [0.25, 0.3) is 0 Å². The lowest BCUT2D eigenvalue weighted by atomic mass is 10.1. The van der Waals surface area contributed by atoms with Gasteiger partial charge in [-0.2, -0.15) is 9.61 Å². The summed E-state index contributed by atoms with van der Waals surface area (Å²) < 4.78 is 7.43. The van der Waals surface area contributed by atoms with E-state index in [2.05, 4.69) is 24.4 Å². The second-order valence-electron chi connectivity index (χ2n) is 6.67. The van der Waals surface area contributed by atoms with Crippen molar-refractivity contribution in [2.24, 2.45) is 0 Å². The molecule has 4 rings (SSSR count). The van der Waals surface area contributed by atoms with E-state index in [1.165, 1.54) is 5.56 Å². The number of rotatable bonds is 4. The van der Waals surface area contributed by atoms with Crippen LogP contribution in [0.3, 0.4) is 0 Å². The van der Waals surface area contributed by atoms with Gasteiger partial charge in [-0.1, -0.05) is 30.3 Å². The third kappa shape index (κ3) is 3.12. The summed E-state index contributed by atoms with van der Waals surface area (Å²) in [4.78, 5) is 4.77. The predicted octanol–water partition coefficient (Wildman–Crippen LogP) is 5.07. The molecular weight excluding hydrogens is 336 g/mol. The molecule has 2 heterocycles. The van der Waals surface area contributed by atoms with Crippen molar-refractivity contribution < 1.29 is 4.74 Å². The Morgan fingerprint density at radius 2 is 1.78 bits per heavy atom. The smallest absolute Gasteiger partial charge is 0.165 e. The van der Waals surface area contributed by atoms with Gasteiger partial charge < -0.3 is 10.1 Å². The van der Waals surface area contributed by atoms with Crippen molar-refractivity contribution in [3.63, 3.8) is 0 Å². The first-order valence-electron chi connectivity index (χ1n) is 8.91. The normalized spacial score (nSPS) is 11.0. The summed E-state index contributed by atoms with van der Waals surface area (Å²) in [5, 5.41) is 8.24. The molecule has 0 aliphatic rings. The van der Waals surface area contributed by atoms with Crippen LogP contribution in [0.4, 0.5) is 11.5 Å². The molecule has 2 aromatic heterocycles. The second-order valence-corrected chi connectivity index (χ2v) is 6.67. The van der Waals surface area contributed by atoms with Crippen molar-refractivity contribution in [3.8, 4) is 16.9 Å². The summed E-state index contributed by atoms with van der Waals surface area (Å²) in [5.41, 5.74) is 6.85. The highest BCUT2D eigenvalue weighted by molar-refractivity contribution is 5.84. The highest BCUT2D eigenvalue weighted by Crippen LogP contribution is 2.35. The Morgan fingerprint density at radius 3 is 2.56 bits per heavy atom. The zero-order valence-corrected chi connectivity index (χ0v) is 15.9. The average Bonchev–Trinajstić information content (AvgIpc) is 2.97. The number of nitrogens with one attached hydrogen (secondary N) is 1. The zero-order chi connectivity index (χ0) is 19.0. The molecular formula is C22H22N4O. The van der Waals surface area contributed by atoms with E-state index in [4.69, 9.17) is 14.8 Å². The van der Waals surface area contributed by atoms with Crippen LogP contribution in [0.5, 0.6) is 5.75 Å². The molecule has 4 aromatic rings. The Balaban J connectivity index is 1.91. The quantitative estimate of drug-likeness (QED) is 0.553. The Kier molecular flexibility index (Phi) is 4.28. The third-order valence-corrected chi connectivity index (χ3v) is 4.56. The second kappa shape index (κ2) is 6.76. The fraction of sp³-hybridized carbons (Fsp3) is 0.182. The van der Waals surface area contributed by atoms with Gasteiger partial charge in [0.05, 0.1) is 18.4 Å². The predicted molar refractivity (Wildman–Crippen MR) is 109 cm³/mol. The van der Waals surface area contributed by atoms with Crippen LogP contribution in [0.2, 0.25) is 0 Å². The monoisotopic (exact) mass is 358 g/mol. The van der Waals surface area contributed by atoms with Crippen molar-refractivity contribution in [2.45, 2.75) is 20.8 Å². The lowest BCUT2D eigenvalue weighted by Gasteiger charge is -2.11. The Hall–Kier alpha value is -3.34. The maximum Gasteiger partial charge on any atom is 0.165 e. The molecule has 0 aliphatic heterocycles. The first-order chi connectivity index (χ1) is 13.1. The number of hydrogen-bond acceptors (Lipinski definition) is 4. The number of para-hydroxylation sites is 1. The summed E-state index contributed by atoms with van der Waals surface area (Å²) in [6.45, 7) is 6.08. The number of aromatic nitrogens is 3. The molecule has 0 spiro atoms. The maximum absolute atomic E-state index is 5.56. The molecule has 0 atom stereocenters. The van der Waals surface area contributed by atoms with Crippen LogP contribution in [-0.2, 0) is 0 Å². The van der Waals surface area contributed by atoms with Crippen LogP contribution in [-0.4, -0.2) is 21.7 Å². The zero-order valence-electron chi connectivity index (χ0n) is 15.9. The Labute approximate surface area is 158 Å². The van der Waals surface area contributed by atoms with Gasteiger partial charge in [0.15, 0.2) is 5.65 Å². The summed E-state index contributed by atoms with van der Waals surface area (Å²) in [7, 11) is 1.68. The lowest BCUT2D eigenvalue weighted by Crippen LogP contribution is -2.02. The van der Waals surface area contributed by atoms with E-state index < -0.39 is 0 Å². The molecule has 0 bridgehead atoms. The maximum atomic E-state index is 5.56. The first-order valence-corrected chi connectivity index (χ1v) is 8.91. The number of fused-ring (bicyclic) bond motifs is 1. The number of nitrogens with zero attached hydrogens (tertiary/aromatic N) is 3. The van der Waals surface area contributed by atoms with Gasteiger partial charge in [0, 0.05) is 23.0 Å². The van der Waals surface area contributed by atoms with E-state index in [9.17, 15) is 0 Å². The fourth-order valence-corrected chi connectivity index (χ4v) is 3.37. The average molecular weight is 358 g/mol. The number of hydrogen-bond donors (Lipinski definition) is 1. The summed E-state index contributed by atoms with van der Waals surface area (Å²) >= 11 is 0. The summed E-state index contributed by atoms with van der Waals surface area (Å²) in [5.74, 6) is 1.69. The van der Waals surface area contributed by atoms with Gasteiger partial charge >= 0.3 is 0 Å². The SMILES string of the molecule is COc1ccccc1-c1c(C)nn2c(Nc3cccc(C)c3)cc(C)nc12. The molecule has 0 amide bonds. The minimum Gasteiger partial charge on any atom is -0.496 e. The Morgan fingerprint density at radius 1 is 0.963 bits per heavy atom. The van der Waals surface area contributed by atoms with Crippen LogP contribution < -0.4 is 10.1 Å².